The van der Waals surface area contributed by atoms with Crippen molar-refractivity contribution in [2.75, 3.05) is 16.3 Å². The van der Waals surface area contributed by atoms with Crippen LogP contribution in [0, 0.1) is 17.8 Å². The second kappa shape index (κ2) is 6.23. The topological polar surface area (TPSA) is 105 Å². The molecule has 1 aliphatic heterocycles. The van der Waals surface area contributed by atoms with E-state index in [0.29, 0.717) is 22.9 Å². The molecule has 0 amide bonds. The summed E-state index contributed by atoms with van der Waals surface area (Å²) in [7, 11) is -3.53. The van der Waals surface area contributed by atoms with Crippen molar-refractivity contribution in [1.29, 1.82) is 0 Å². The standard InChI is InChI=1S/C23H23N5O2S2/c1-32(29,30)28-17-7-6-15-14(10-25-27-15)21(17)19-11-2-3-12(8-11)20(19)22(28)13-4-5-16-18(9-13)31-23(24)26-16/h4-7,9-12,19-20,22H,2-3,8H2,1H3,(H2,24,26)(H,25,27)/t11?,12?,19-,20+,22-/m0/s1. The lowest BCUT2D eigenvalue weighted by Gasteiger charge is -2.48. The van der Waals surface area contributed by atoms with Gasteiger partial charge in [-0.1, -0.05) is 17.4 Å². The molecule has 32 heavy (non-hydrogen) atoms. The van der Waals surface area contributed by atoms with Gasteiger partial charge in [-0.3, -0.25) is 9.40 Å². The molecule has 7 rings (SSSR count). The average molecular weight is 466 g/mol. The number of aromatic amines is 1. The zero-order valence-electron chi connectivity index (χ0n) is 17.5. The number of thiazole rings is 1. The van der Waals surface area contributed by atoms with Crippen LogP contribution in [0.1, 0.15) is 42.3 Å². The van der Waals surface area contributed by atoms with E-state index in [-0.39, 0.29) is 12.0 Å². The second-order valence-corrected chi connectivity index (χ2v) is 12.5. The number of H-pyrrole nitrogens is 1. The van der Waals surface area contributed by atoms with E-state index in [2.05, 4.69) is 27.3 Å². The lowest BCUT2D eigenvalue weighted by Crippen LogP contribution is -2.46. The number of benzene rings is 2. The van der Waals surface area contributed by atoms with Gasteiger partial charge < -0.3 is 5.73 Å². The molecule has 2 aliphatic carbocycles. The summed E-state index contributed by atoms with van der Waals surface area (Å²) in [6.07, 6.45) is 6.76. The Labute approximate surface area is 189 Å². The molecule has 9 heteroatoms. The fraction of sp³-hybridized carbons (Fsp3) is 0.391. The van der Waals surface area contributed by atoms with E-state index in [1.165, 1.54) is 42.4 Å². The highest BCUT2D eigenvalue weighted by Gasteiger charge is 2.57. The minimum Gasteiger partial charge on any atom is -0.375 e. The number of nitrogen functional groups attached to an aromatic ring is 1. The lowest BCUT2D eigenvalue weighted by molar-refractivity contribution is 0.238. The molecule has 0 radical (unpaired) electrons. The smallest absolute Gasteiger partial charge is 0.232 e. The first-order valence-corrected chi connectivity index (χ1v) is 13.7. The van der Waals surface area contributed by atoms with Gasteiger partial charge in [-0.05, 0) is 78.3 Å². The van der Waals surface area contributed by atoms with E-state index in [1.54, 1.807) is 4.31 Å². The van der Waals surface area contributed by atoms with Gasteiger partial charge in [-0.15, -0.1) is 0 Å². The Hall–Kier alpha value is -2.65. The molecule has 2 bridgehead atoms. The van der Waals surface area contributed by atoms with E-state index in [1.807, 2.05) is 24.4 Å². The molecular weight excluding hydrogens is 442 g/mol. The van der Waals surface area contributed by atoms with Crippen LogP contribution < -0.4 is 10.0 Å². The van der Waals surface area contributed by atoms with Gasteiger partial charge in [-0.25, -0.2) is 13.4 Å². The van der Waals surface area contributed by atoms with Gasteiger partial charge in [0.1, 0.15) is 0 Å². The largest absolute Gasteiger partial charge is 0.375 e. The first-order valence-electron chi connectivity index (χ1n) is 11.0. The molecule has 3 heterocycles. The van der Waals surface area contributed by atoms with Crippen LogP contribution in [0.15, 0.2) is 36.5 Å². The van der Waals surface area contributed by atoms with Crippen molar-refractivity contribution in [3.8, 4) is 0 Å². The highest BCUT2D eigenvalue weighted by molar-refractivity contribution is 7.92. The third kappa shape index (κ3) is 2.43. The van der Waals surface area contributed by atoms with Crippen LogP contribution in [0.4, 0.5) is 10.8 Å². The van der Waals surface area contributed by atoms with Crippen molar-refractivity contribution >= 4 is 53.3 Å². The minimum absolute atomic E-state index is 0.227. The summed E-state index contributed by atoms with van der Waals surface area (Å²) in [5.74, 6) is 1.71. The molecule has 0 spiro atoms. The Bertz CT molecular complexity index is 1510. The second-order valence-electron chi connectivity index (χ2n) is 9.55. The Balaban J connectivity index is 1.53. The van der Waals surface area contributed by atoms with Gasteiger partial charge in [-0.2, -0.15) is 5.10 Å². The summed E-state index contributed by atoms with van der Waals surface area (Å²) in [4.78, 5) is 4.39. The molecule has 3 N–H and O–H groups in total. The van der Waals surface area contributed by atoms with E-state index < -0.39 is 10.0 Å². The molecule has 0 saturated heterocycles. The van der Waals surface area contributed by atoms with E-state index in [4.69, 9.17) is 5.73 Å². The van der Waals surface area contributed by atoms with Gasteiger partial charge >= 0.3 is 0 Å². The maximum Gasteiger partial charge on any atom is 0.232 e. The molecule has 4 aromatic rings. The number of hydrogen-bond acceptors (Lipinski definition) is 6. The third-order valence-electron chi connectivity index (χ3n) is 7.94. The number of nitrogens with zero attached hydrogens (tertiary/aromatic N) is 3. The summed E-state index contributed by atoms with van der Waals surface area (Å²) in [5.41, 5.74) is 10.8. The normalized spacial score (nSPS) is 29.0. The van der Waals surface area contributed by atoms with Crippen LogP contribution in [0.3, 0.4) is 0 Å². The highest BCUT2D eigenvalue weighted by atomic mass is 32.2. The number of sulfonamides is 1. The summed E-state index contributed by atoms with van der Waals surface area (Å²) in [6, 6.07) is 9.84. The lowest BCUT2D eigenvalue weighted by atomic mass is 9.67. The molecule has 2 aromatic heterocycles. The molecule has 2 unspecified atom stereocenters. The van der Waals surface area contributed by atoms with Crippen LogP contribution in [0.5, 0.6) is 0 Å². The molecular formula is C23H23N5O2S2. The molecule has 7 nitrogen and oxygen atoms in total. The highest BCUT2D eigenvalue weighted by Crippen LogP contribution is 2.66. The molecule has 2 aromatic carbocycles. The maximum atomic E-state index is 13.3. The quantitative estimate of drug-likeness (QED) is 0.456. The van der Waals surface area contributed by atoms with Gasteiger partial charge in [0.2, 0.25) is 10.0 Å². The SMILES string of the molecule is CS(=O)(=O)N1c2ccc3[nH]ncc3c2[C@H]2C3CCC(C3)[C@H]2[C@@H]1c1ccc2nc(N)sc2c1. The first kappa shape index (κ1) is 18.9. The Morgan fingerprint density at radius 3 is 2.88 bits per heavy atom. The van der Waals surface area contributed by atoms with E-state index in [9.17, 15) is 8.42 Å². The summed E-state index contributed by atoms with van der Waals surface area (Å²) < 4.78 is 29.4. The Morgan fingerprint density at radius 1 is 1.19 bits per heavy atom. The molecule has 5 atom stereocenters. The third-order valence-corrected chi connectivity index (χ3v) is 9.93. The molecule has 2 saturated carbocycles. The Morgan fingerprint density at radius 2 is 2.03 bits per heavy atom. The molecule has 2 fully saturated rings. The van der Waals surface area contributed by atoms with Crippen molar-refractivity contribution in [2.24, 2.45) is 17.8 Å². The molecule has 164 valence electrons. The summed E-state index contributed by atoms with van der Waals surface area (Å²) in [5, 5.41) is 8.95. The fourth-order valence-corrected chi connectivity index (χ4v) is 8.95. The fourth-order valence-electron chi connectivity index (χ4n) is 6.98. The van der Waals surface area contributed by atoms with Crippen molar-refractivity contribution in [2.45, 2.75) is 31.2 Å². The van der Waals surface area contributed by atoms with Gasteiger partial charge in [0.05, 0.1) is 39.9 Å². The average Bonchev–Trinajstić information content (AvgIpc) is 3.52. The first-order chi connectivity index (χ1) is 15.4. The Kier molecular flexibility index (Phi) is 3.67. The monoisotopic (exact) mass is 465 g/mol. The predicted molar refractivity (Wildman–Crippen MR) is 127 cm³/mol. The zero-order valence-corrected chi connectivity index (χ0v) is 19.2. The number of anilines is 2. The summed E-state index contributed by atoms with van der Waals surface area (Å²) in [6.45, 7) is 0. The van der Waals surface area contributed by atoms with Crippen LogP contribution in [0.25, 0.3) is 21.1 Å². The number of hydrogen-bond donors (Lipinski definition) is 2. The van der Waals surface area contributed by atoms with Crippen LogP contribution in [-0.2, 0) is 10.0 Å². The van der Waals surface area contributed by atoms with Crippen LogP contribution >= 0.6 is 11.3 Å². The van der Waals surface area contributed by atoms with Crippen LogP contribution in [0.2, 0.25) is 0 Å². The van der Waals surface area contributed by atoms with E-state index in [0.717, 1.165) is 32.4 Å². The van der Waals surface area contributed by atoms with Crippen molar-refractivity contribution in [1.82, 2.24) is 15.2 Å². The minimum atomic E-state index is -3.53. The number of rotatable bonds is 2. The van der Waals surface area contributed by atoms with Crippen molar-refractivity contribution in [3.05, 3.63) is 47.7 Å². The van der Waals surface area contributed by atoms with Crippen molar-refractivity contribution < 1.29 is 8.42 Å². The molecule has 3 aliphatic rings. The number of nitrogens with one attached hydrogen (secondary N) is 1. The maximum absolute atomic E-state index is 13.3. The van der Waals surface area contributed by atoms with Gasteiger partial charge in [0.25, 0.3) is 0 Å². The van der Waals surface area contributed by atoms with Gasteiger partial charge in [0, 0.05) is 5.39 Å². The van der Waals surface area contributed by atoms with Gasteiger partial charge in [0.15, 0.2) is 5.13 Å². The predicted octanol–water partition coefficient (Wildman–Crippen LogP) is 4.41. The number of nitrogens with two attached hydrogens (primary N) is 1. The van der Waals surface area contributed by atoms with Crippen LogP contribution in [-0.4, -0.2) is 29.9 Å². The number of fused-ring (bicyclic) bond motifs is 10. The summed E-state index contributed by atoms with van der Waals surface area (Å²) >= 11 is 1.45. The number of aromatic nitrogens is 3. The zero-order chi connectivity index (χ0) is 21.8. The van der Waals surface area contributed by atoms with E-state index >= 15 is 0 Å². The van der Waals surface area contributed by atoms with Crippen molar-refractivity contribution in [3.63, 3.8) is 0 Å².